The number of nitrogens with one attached hydrogen (secondary N) is 1. The zero-order valence-electron chi connectivity index (χ0n) is 11.5. The van der Waals surface area contributed by atoms with Crippen LogP contribution in [0.3, 0.4) is 0 Å². The molecule has 1 saturated carbocycles. The lowest BCUT2D eigenvalue weighted by Crippen LogP contribution is -2.59. The zero-order chi connectivity index (χ0) is 14.0. The van der Waals surface area contributed by atoms with Gasteiger partial charge >= 0.3 is 12.0 Å². The number of nitrogens with zero attached hydrogens (tertiary/aromatic N) is 1. The van der Waals surface area contributed by atoms with Gasteiger partial charge < -0.3 is 20.1 Å². The molecule has 2 fully saturated rings. The number of likely N-dealkylation sites (tertiary alicyclic amines) is 1. The van der Waals surface area contributed by atoms with Crippen LogP contribution < -0.4 is 5.32 Å². The fourth-order valence-electron chi connectivity index (χ4n) is 2.61. The minimum absolute atomic E-state index is 0.0523. The van der Waals surface area contributed by atoms with Gasteiger partial charge in [0.25, 0.3) is 0 Å². The third kappa shape index (κ3) is 3.00. The van der Waals surface area contributed by atoms with E-state index in [0.717, 1.165) is 25.7 Å². The predicted molar refractivity (Wildman–Crippen MR) is 68.9 cm³/mol. The quantitative estimate of drug-likeness (QED) is 0.800. The van der Waals surface area contributed by atoms with Crippen LogP contribution in [0.1, 0.15) is 32.6 Å². The van der Waals surface area contributed by atoms with E-state index in [1.807, 2.05) is 0 Å². The van der Waals surface area contributed by atoms with Gasteiger partial charge in [-0.15, -0.1) is 0 Å². The fourth-order valence-corrected chi connectivity index (χ4v) is 2.61. The maximum atomic E-state index is 12.2. The molecule has 0 spiro atoms. The van der Waals surface area contributed by atoms with Gasteiger partial charge in [0.1, 0.15) is 5.54 Å². The lowest BCUT2D eigenvalue weighted by atomic mass is 9.96. The number of amides is 2. The molecule has 2 rings (SSSR count). The van der Waals surface area contributed by atoms with Crippen molar-refractivity contribution in [2.24, 2.45) is 5.92 Å². The van der Waals surface area contributed by atoms with Gasteiger partial charge in [0.2, 0.25) is 0 Å². The van der Waals surface area contributed by atoms with Crippen LogP contribution in [0.2, 0.25) is 0 Å². The minimum atomic E-state index is -1.14. The van der Waals surface area contributed by atoms with Crippen molar-refractivity contribution in [3.8, 4) is 0 Å². The van der Waals surface area contributed by atoms with Crippen molar-refractivity contribution in [1.29, 1.82) is 0 Å². The summed E-state index contributed by atoms with van der Waals surface area (Å²) in [6.07, 6.45) is 3.61. The number of aliphatic carboxylic acids is 1. The monoisotopic (exact) mass is 270 g/mol. The number of carbonyl (C=O) groups excluding carboxylic acids is 1. The number of carboxylic acids is 1. The molecule has 108 valence electrons. The lowest BCUT2D eigenvalue weighted by molar-refractivity contribution is -0.144. The largest absolute Gasteiger partial charge is 0.480 e. The number of hydrogen-bond donors (Lipinski definition) is 2. The molecule has 0 radical (unpaired) electrons. The van der Waals surface area contributed by atoms with Crippen LogP contribution in [-0.4, -0.2) is 53.8 Å². The standard InChI is InChI=1S/C13H22N2O4/c1-13(11(16)17,9-5-6-9)14-12(18)15-7-3-4-10(8-15)19-2/h9-10H,3-8H2,1-2H3,(H,14,18)(H,16,17). The van der Waals surface area contributed by atoms with Crippen molar-refractivity contribution in [1.82, 2.24) is 10.2 Å². The molecule has 1 saturated heterocycles. The molecule has 0 aromatic rings. The third-order valence-electron chi connectivity index (χ3n) is 4.20. The molecule has 1 aliphatic heterocycles. The molecule has 1 aliphatic carbocycles. The summed E-state index contributed by atoms with van der Waals surface area (Å²) in [6, 6.07) is -0.293. The number of methoxy groups -OCH3 is 1. The van der Waals surface area contributed by atoms with E-state index in [0.29, 0.717) is 13.1 Å². The summed E-state index contributed by atoms with van der Waals surface area (Å²) in [5.41, 5.74) is -1.14. The topological polar surface area (TPSA) is 78.9 Å². The van der Waals surface area contributed by atoms with Crippen LogP contribution in [0.25, 0.3) is 0 Å². The Morgan fingerprint density at radius 3 is 2.58 bits per heavy atom. The minimum Gasteiger partial charge on any atom is -0.480 e. The first-order valence-corrected chi connectivity index (χ1v) is 6.80. The average Bonchev–Trinajstić information content (AvgIpc) is 3.23. The highest BCUT2D eigenvalue weighted by Crippen LogP contribution is 2.39. The van der Waals surface area contributed by atoms with Gasteiger partial charge in [0.05, 0.1) is 6.10 Å². The summed E-state index contributed by atoms with van der Waals surface area (Å²) < 4.78 is 5.27. The Hall–Kier alpha value is -1.30. The average molecular weight is 270 g/mol. The summed E-state index contributed by atoms with van der Waals surface area (Å²) in [7, 11) is 1.64. The Kier molecular flexibility index (Phi) is 3.99. The van der Waals surface area contributed by atoms with E-state index < -0.39 is 11.5 Å². The van der Waals surface area contributed by atoms with E-state index in [1.165, 1.54) is 0 Å². The Balaban J connectivity index is 1.97. The molecule has 2 N–H and O–H groups in total. The smallest absolute Gasteiger partial charge is 0.329 e. The summed E-state index contributed by atoms with van der Waals surface area (Å²) in [4.78, 5) is 25.2. The number of carboxylic acid groups (broad SMARTS) is 1. The Bertz CT molecular complexity index is 370. The van der Waals surface area contributed by atoms with Gasteiger partial charge in [-0.3, -0.25) is 0 Å². The summed E-state index contributed by atoms with van der Waals surface area (Å²) >= 11 is 0. The Labute approximate surface area is 113 Å². The number of piperidine rings is 1. The molecule has 0 bridgehead atoms. The maximum Gasteiger partial charge on any atom is 0.329 e. The van der Waals surface area contributed by atoms with Gasteiger partial charge in [-0.2, -0.15) is 0 Å². The second-order valence-corrected chi connectivity index (χ2v) is 5.66. The summed E-state index contributed by atoms with van der Waals surface area (Å²) in [5.74, 6) is -0.902. The van der Waals surface area contributed by atoms with E-state index in [2.05, 4.69) is 5.32 Å². The van der Waals surface area contributed by atoms with Crippen molar-refractivity contribution in [3.63, 3.8) is 0 Å². The van der Waals surface area contributed by atoms with Crippen molar-refractivity contribution in [3.05, 3.63) is 0 Å². The normalized spacial score (nSPS) is 26.6. The molecule has 2 amide bonds. The van der Waals surface area contributed by atoms with Crippen molar-refractivity contribution < 1.29 is 19.4 Å². The molecule has 1 heterocycles. The number of hydrogen-bond acceptors (Lipinski definition) is 3. The number of ether oxygens (including phenoxy) is 1. The zero-order valence-corrected chi connectivity index (χ0v) is 11.5. The van der Waals surface area contributed by atoms with E-state index >= 15 is 0 Å². The molecular weight excluding hydrogens is 248 g/mol. The number of urea groups is 1. The van der Waals surface area contributed by atoms with Crippen LogP contribution in [0.15, 0.2) is 0 Å². The van der Waals surface area contributed by atoms with E-state index in [9.17, 15) is 14.7 Å². The Morgan fingerprint density at radius 1 is 1.37 bits per heavy atom. The highest BCUT2D eigenvalue weighted by atomic mass is 16.5. The van der Waals surface area contributed by atoms with Gasteiger partial charge in [-0.1, -0.05) is 0 Å². The van der Waals surface area contributed by atoms with Crippen molar-refractivity contribution >= 4 is 12.0 Å². The van der Waals surface area contributed by atoms with Gasteiger partial charge in [0.15, 0.2) is 0 Å². The molecule has 19 heavy (non-hydrogen) atoms. The SMILES string of the molecule is COC1CCCN(C(=O)NC(C)(C(=O)O)C2CC2)C1. The molecule has 2 unspecified atom stereocenters. The number of carbonyl (C=O) groups is 2. The van der Waals surface area contributed by atoms with Crippen molar-refractivity contribution in [2.45, 2.75) is 44.2 Å². The highest BCUT2D eigenvalue weighted by molar-refractivity contribution is 5.86. The molecule has 6 heteroatoms. The van der Waals surface area contributed by atoms with Crippen LogP contribution in [0, 0.1) is 5.92 Å². The molecular formula is C13H22N2O4. The van der Waals surface area contributed by atoms with Crippen molar-refractivity contribution in [2.75, 3.05) is 20.2 Å². The van der Waals surface area contributed by atoms with Gasteiger partial charge in [-0.25, -0.2) is 9.59 Å². The fraction of sp³-hybridized carbons (Fsp3) is 0.846. The Morgan fingerprint density at radius 2 is 2.05 bits per heavy atom. The van der Waals surface area contributed by atoms with Crippen LogP contribution in [-0.2, 0) is 9.53 Å². The second kappa shape index (κ2) is 5.36. The first-order valence-electron chi connectivity index (χ1n) is 6.80. The first-order chi connectivity index (χ1) is 8.97. The third-order valence-corrected chi connectivity index (χ3v) is 4.20. The lowest BCUT2D eigenvalue weighted by Gasteiger charge is -2.35. The molecule has 2 atom stereocenters. The van der Waals surface area contributed by atoms with Gasteiger partial charge in [0, 0.05) is 20.2 Å². The van der Waals surface area contributed by atoms with E-state index in [1.54, 1.807) is 18.9 Å². The number of rotatable bonds is 4. The highest BCUT2D eigenvalue weighted by Gasteiger charge is 2.49. The summed E-state index contributed by atoms with van der Waals surface area (Å²) in [5, 5.41) is 12.0. The summed E-state index contributed by atoms with van der Waals surface area (Å²) in [6.45, 7) is 2.79. The molecule has 2 aliphatic rings. The molecule has 0 aromatic carbocycles. The van der Waals surface area contributed by atoms with E-state index in [4.69, 9.17) is 4.74 Å². The molecule has 6 nitrogen and oxygen atoms in total. The maximum absolute atomic E-state index is 12.2. The van der Waals surface area contributed by atoms with Crippen LogP contribution >= 0.6 is 0 Å². The van der Waals surface area contributed by atoms with E-state index in [-0.39, 0.29) is 18.1 Å². The first kappa shape index (κ1) is 14.1. The molecule has 0 aromatic heterocycles. The predicted octanol–water partition coefficient (Wildman–Crippen LogP) is 1.06. The van der Waals surface area contributed by atoms with Crippen LogP contribution in [0.4, 0.5) is 4.79 Å². The second-order valence-electron chi connectivity index (χ2n) is 5.66. The van der Waals surface area contributed by atoms with Crippen LogP contribution in [0.5, 0.6) is 0 Å². The van der Waals surface area contributed by atoms with Gasteiger partial charge in [-0.05, 0) is 38.5 Å².